The van der Waals surface area contributed by atoms with Gasteiger partial charge in [0.2, 0.25) is 5.91 Å². The van der Waals surface area contributed by atoms with Crippen molar-refractivity contribution in [1.29, 1.82) is 0 Å². The van der Waals surface area contributed by atoms with Gasteiger partial charge in [0, 0.05) is 18.5 Å². The van der Waals surface area contributed by atoms with Gasteiger partial charge in [-0.25, -0.2) is 4.98 Å². The highest BCUT2D eigenvalue weighted by atomic mass is 32.1. The van der Waals surface area contributed by atoms with Crippen molar-refractivity contribution < 1.29 is 14.0 Å². The van der Waals surface area contributed by atoms with Crippen LogP contribution in [0, 0.1) is 0 Å². The van der Waals surface area contributed by atoms with Gasteiger partial charge >= 0.3 is 0 Å². The van der Waals surface area contributed by atoms with Crippen molar-refractivity contribution in [2.75, 3.05) is 11.9 Å². The molecule has 0 spiro atoms. The van der Waals surface area contributed by atoms with Crippen LogP contribution in [0.4, 0.5) is 5.13 Å². The molecule has 2 heterocycles. The number of aromatic nitrogens is 1. The lowest BCUT2D eigenvalue weighted by Gasteiger charge is -2.03. The van der Waals surface area contributed by atoms with Crippen LogP contribution < -0.4 is 10.6 Å². The molecule has 31 heavy (non-hydrogen) atoms. The van der Waals surface area contributed by atoms with E-state index in [2.05, 4.69) is 10.6 Å². The second-order valence-corrected chi connectivity index (χ2v) is 7.81. The predicted octanol–water partition coefficient (Wildman–Crippen LogP) is 5.22. The molecular weight excluding hydrogens is 410 g/mol. The van der Waals surface area contributed by atoms with E-state index in [1.807, 2.05) is 60.7 Å². The summed E-state index contributed by atoms with van der Waals surface area (Å²) in [6.45, 7) is 0.384. The standard InChI is InChI=1S/C24H21N3O3S/c28-20(14-7-15-25-23(29)19-13-8-16-30-19)26-24-27-21(17-9-3-1-4-10-17)22(31-24)18-11-5-2-6-12-18/h1-6,8-13,16H,7,14-15H2,(H,25,29)(H,26,27,28). The van der Waals surface area contributed by atoms with E-state index < -0.39 is 0 Å². The van der Waals surface area contributed by atoms with Gasteiger partial charge in [-0.3, -0.25) is 9.59 Å². The summed E-state index contributed by atoms with van der Waals surface area (Å²) in [4.78, 5) is 29.9. The fraction of sp³-hybridized carbons (Fsp3) is 0.125. The van der Waals surface area contributed by atoms with Gasteiger partial charge in [0.1, 0.15) is 0 Å². The quantitative estimate of drug-likeness (QED) is 0.375. The molecular formula is C24H21N3O3S. The summed E-state index contributed by atoms with van der Waals surface area (Å²) in [5.41, 5.74) is 2.90. The van der Waals surface area contributed by atoms with Gasteiger partial charge < -0.3 is 15.1 Å². The van der Waals surface area contributed by atoms with E-state index in [1.54, 1.807) is 12.1 Å². The molecule has 156 valence electrons. The first-order valence-electron chi connectivity index (χ1n) is 9.94. The normalized spacial score (nSPS) is 10.6. The van der Waals surface area contributed by atoms with Crippen molar-refractivity contribution in [2.45, 2.75) is 12.8 Å². The van der Waals surface area contributed by atoms with Crippen molar-refractivity contribution >= 4 is 28.3 Å². The number of amides is 2. The maximum absolute atomic E-state index is 12.4. The van der Waals surface area contributed by atoms with Crippen LogP contribution in [0.5, 0.6) is 0 Å². The molecule has 0 saturated heterocycles. The number of furan rings is 1. The first-order valence-corrected chi connectivity index (χ1v) is 10.8. The van der Waals surface area contributed by atoms with E-state index in [0.29, 0.717) is 18.1 Å². The third-order valence-electron chi connectivity index (χ3n) is 4.57. The Morgan fingerprint density at radius 1 is 0.903 bits per heavy atom. The highest BCUT2D eigenvalue weighted by molar-refractivity contribution is 7.19. The van der Waals surface area contributed by atoms with Gasteiger partial charge in [0.25, 0.3) is 5.91 Å². The highest BCUT2D eigenvalue weighted by Crippen LogP contribution is 2.38. The second-order valence-electron chi connectivity index (χ2n) is 6.81. The Labute approximate surface area is 184 Å². The SMILES string of the molecule is O=C(CCCNC(=O)c1ccco1)Nc1nc(-c2ccccc2)c(-c2ccccc2)s1. The molecule has 0 saturated carbocycles. The third-order valence-corrected chi connectivity index (χ3v) is 5.59. The number of hydrogen-bond donors (Lipinski definition) is 2. The number of hydrogen-bond acceptors (Lipinski definition) is 5. The number of carbonyl (C=O) groups excluding carboxylic acids is 2. The Morgan fingerprint density at radius 3 is 2.29 bits per heavy atom. The van der Waals surface area contributed by atoms with Gasteiger partial charge in [-0.15, -0.1) is 0 Å². The zero-order valence-electron chi connectivity index (χ0n) is 16.7. The minimum absolute atomic E-state index is 0.139. The van der Waals surface area contributed by atoms with Crippen molar-refractivity contribution in [3.8, 4) is 21.7 Å². The molecule has 0 atom stereocenters. The Hall–Kier alpha value is -3.71. The van der Waals surface area contributed by atoms with Crippen LogP contribution >= 0.6 is 11.3 Å². The number of carbonyl (C=O) groups is 2. The maximum atomic E-state index is 12.4. The zero-order valence-corrected chi connectivity index (χ0v) is 17.5. The summed E-state index contributed by atoms with van der Waals surface area (Å²) in [6, 6.07) is 23.2. The van der Waals surface area contributed by atoms with Crippen LogP contribution in [0.25, 0.3) is 21.7 Å². The molecule has 2 aromatic heterocycles. The number of nitrogens with zero attached hydrogens (tertiary/aromatic N) is 1. The van der Waals surface area contributed by atoms with Crippen molar-refractivity contribution in [3.05, 3.63) is 84.8 Å². The minimum Gasteiger partial charge on any atom is -0.459 e. The molecule has 0 aliphatic rings. The topological polar surface area (TPSA) is 84.2 Å². The molecule has 0 fully saturated rings. The zero-order chi connectivity index (χ0) is 21.5. The van der Waals surface area contributed by atoms with Gasteiger partial charge in [0.15, 0.2) is 10.9 Å². The average molecular weight is 432 g/mol. The summed E-state index contributed by atoms with van der Waals surface area (Å²) in [6.07, 6.45) is 2.24. The lowest BCUT2D eigenvalue weighted by Crippen LogP contribution is -2.25. The van der Waals surface area contributed by atoms with Crippen LogP contribution in [0.2, 0.25) is 0 Å². The number of benzene rings is 2. The van der Waals surface area contributed by atoms with Gasteiger partial charge in [-0.05, 0) is 24.1 Å². The molecule has 4 aromatic rings. The molecule has 0 aliphatic carbocycles. The molecule has 2 aromatic carbocycles. The van der Waals surface area contributed by atoms with Crippen molar-refractivity contribution in [3.63, 3.8) is 0 Å². The summed E-state index contributed by atoms with van der Waals surface area (Å²) < 4.78 is 5.04. The van der Waals surface area contributed by atoms with Crippen LogP contribution in [0.3, 0.4) is 0 Å². The third kappa shape index (κ3) is 5.26. The van der Waals surface area contributed by atoms with E-state index in [0.717, 1.165) is 21.7 Å². The molecule has 2 amide bonds. The number of rotatable bonds is 8. The Kier molecular flexibility index (Phi) is 6.54. The van der Waals surface area contributed by atoms with E-state index >= 15 is 0 Å². The van der Waals surface area contributed by atoms with Crippen molar-refractivity contribution in [1.82, 2.24) is 10.3 Å². The van der Waals surface area contributed by atoms with Gasteiger partial charge in [-0.2, -0.15) is 0 Å². The van der Waals surface area contributed by atoms with Crippen LogP contribution in [-0.2, 0) is 4.79 Å². The van der Waals surface area contributed by atoms with Crippen molar-refractivity contribution in [2.24, 2.45) is 0 Å². The molecule has 4 rings (SSSR count). The summed E-state index contributed by atoms with van der Waals surface area (Å²) in [7, 11) is 0. The smallest absolute Gasteiger partial charge is 0.286 e. The Bertz CT molecular complexity index is 1080. The minimum atomic E-state index is -0.287. The van der Waals surface area contributed by atoms with Gasteiger partial charge in [0.05, 0.1) is 16.8 Å². The molecule has 0 bridgehead atoms. The lowest BCUT2D eigenvalue weighted by molar-refractivity contribution is -0.116. The number of anilines is 1. The summed E-state index contributed by atoms with van der Waals surface area (Å²) in [5, 5.41) is 6.19. The molecule has 2 N–H and O–H groups in total. The van der Waals surface area contributed by atoms with E-state index in [9.17, 15) is 9.59 Å². The van der Waals surface area contributed by atoms with E-state index in [-0.39, 0.29) is 24.0 Å². The molecule has 0 unspecified atom stereocenters. The summed E-state index contributed by atoms with van der Waals surface area (Å²) >= 11 is 1.45. The molecule has 0 aliphatic heterocycles. The maximum Gasteiger partial charge on any atom is 0.286 e. The highest BCUT2D eigenvalue weighted by Gasteiger charge is 2.16. The summed E-state index contributed by atoms with van der Waals surface area (Å²) in [5.74, 6) is -0.167. The van der Waals surface area contributed by atoms with Crippen LogP contribution in [-0.4, -0.2) is 23.3 Å². The van der Waals surface area contributed by atoms with Crippen LogP contribution in [0.15, 0.2) is 83.5 Å². The van der Waals surface area contributed by atoms with Gasteiger partial charge in [-0.1, -0.05) is 72.0 Å². The fourth-order valence-corrected chi connectivity index (χ4v) is 4.09. The monoisotopic (exact) mass is 431 g/mol. The Balaban J connectivity index is 1.39. The number of thiazole rings is 1. The van der Waals surface area contributed by atoms with E-state index in [4.69, 9.17) is 9.40 Å². The average Bonchev–Trinajstić information content (AvgIpc) is 3.48. The lowest BCUT2D eigenvalue weighted by atomic mass is 10.1. The second kappa shape index (κ2) is 9.86. The molecule has 0 radical (unpaired) electrons. The predicted molar refractivity (Wildman–Crippen MR) is 122 cm³/mol. The van der Waals surface area contributed by atoms with E-state index in [1.165, 1.54) is 17.6 Å². The first-order chi connectivity index (χ1) is 15.2. The fourth-order valence-electron chi connectivity index (χ4n) is 3.08. The molecule has 7 heteroatoms. The molecule has 6 nitrogen and oxygen atoms in total. The first kappa shape index (κ1) is 20.6. The Morgan fingerprint density at radius 2 is 1.61 bits per heavy atom. The largest absolute Gasteiger partial charge is 0.459 e. The number of nitrogens with one attached hydrogen (secondary N) is 2. The van der Waals surface area contributed by atoms with Crippen LogP contribution in [0.1, 0.15) is 23.4 Å².